The van der Waals surface area contributed by atoms with E-state index in [-0.39, 0.29) is 36.3 Å². The molecule has 2 aliphatic heterocycles. The number of benzene rings is 1. The van der Waals surface area contributed by atoms with Crippen molar-refractivity contribution in [1.29, 1.82) is 0 Å². The lowest BCUT2D eigenvalue weighted by Gasteiger charge is -2.31. The first-order valence-electron chi connectivity index (χ1n) is 13.1. The van der Waals surface area contributed by atoms with E-state index in [1.54, 1.807) is 42.5 Å². The van der Waals surface area contributed by atoms with Crippen LogP contribution in [0.1, 0.15) is 50.1 Å². The number of pyridine rings is 1. The van der Waals surface area contributed by atoms with E-state index in [9.17, 15) is 19.5 Å². The van der Waals surface area contributed by atoms with Crippen LogP contribution >= 0.6 is 0 Å². The van der Waals surface area contributed by atoms with E-state index in [1.165, 1.54) is 6.07 Å². The van der Waals surface area contributed by atoms with Crippen molar-refractivity contribution in [3.63, 3.8) is 0 Å². The van der Waals surface area contributed by atoms with Crippen LogP contribution in [0.3, 0.4) is 0 Å². The Morgan fingerprint density at radius 2 is 1.90 bits per heavy atom. The molecule has 2 aromatic heterocycles. The monoisotopic (exact) mass is 531 g/mol. The number of aliphatic imine (C=N–C) groups is 1. The van der Waals surface area contributed by atoms with Crippen molar-refractivity contribution in [2.75, 3.05) is 6.54 Å². The first kappa shape index (κ1) is 26.6. The van der Waals surface area contributed by atoms with Crippen LogP contribution in [0.15, 0.2) is 62.8 Å². The zero-order chi connectivity index (χ0) is 28.1. The molecule has 204 valence electrons. The van der Waals surface area contributed by atoms with E-state index in [1.807, 2.05) is 44.2 Å². The van der Waals surface area contributed by atoms with Gasteiger partial charge in [-0.3, -0.25) is 14.4 Å². The predicted octanol–water partition coefficient (Wildman–Crippen LogP) is 2.49. The molecule has 1 fully saturated rings. The lowest BCUT2D eigenvalue weighted by atomic mass is 9.90. The highest BCUT2D eigenvalue weighted by molar-refractivity contribution is 6.09. The van der Waals surface area contributed by atoms with E-state index in [4.69, 9.17) is 4.52 Å². The molecule has 3 aromatic rings. The van der Waals surface area contributed by atoms with E-state index in [0.717, 1.165) is 11.3 Å². The molecular weight excluding hydrogens is 498 g/mol. The third kappa shape index (κ3) is 4.69. The maximum Gasteiger partial charge on any atom is 0.277 e. The van der Waals surface area contributed by atoms with Crippen molar-refractivity contribution in [3.05, 3.63) is 75.9 Å². The Balaban J connectivity index is 1.40. The molecule has 2 N–H and O–H groups in total. The molecule has 10 heteroatoms. The zero-order valence-corrected chi connectivity index (χ0v) is 22.7. The summed E-state index contributed by atoms with van der Waals surface area (Å²) in [6.45, 7) is 7.56. The molecule has 0 spiro atoms. The topological polar surface area (TPSA) is 130 Å². The van der Waals surface area contributed by atoms with Crippen LogP contribution < -0.4 is 10.9 Å². The summed E-state index contributed by atoms with van der Waals surface area (Å²) in [6, 6.07) is 13.7. The minimum Gasteiger partial charge on any atom is -0.391 e. The quantitative estimate of drug-likeness (QED) is 0.500. The van der Waals surface area contributed by atoms with Gasteiger partial charge >= 0.3 is 0 Å². The fourth-order valence-electron chi connectivity index (χ4n) is 5.50. The van der Waals surface area contributed by atoms with Crippen LogP contribution in [0.5, 0.6) is 0 Å². The number of carbonyl (C=O) groups is 2. The van der Waals surface area contributed by atoms with Gasteiger partial charge in [0.15, 0.2) is 0 Å². The Morgan fingerprint density at radius 3 is 2.54 bits per heavy atom. The second-order valence-electron chi connectivity index (χ2n) is 10.9. The van der Waals surface area contributed by atoms with Crippen LogP contribution in [-0.4, -0.2) is 56.1 Å². The molecule has 4 heterocycles. The van der Waals surface area contributed by atoms with E-state index in [2.05, 4.69) is 15.5 Å². The Hall–Kier alpha value is -4.05. The number of hydrogen-bond donors (Lipinski definition) is 2. The summed E-state index contributed by atoms with van der Waals surface area (Å²) >= 11 is 0. The Labute approximate surface area is 226 Å². The molecule has 2 aliphatic rings. The molecule has 10 nitrogen and oxygen atoms in total. The molecule has 5 rings (SSSR count). The fraction of sp³-hybridized carbons (Fsp3) is 0.414. The number of nitrogens with one attached hydrogen (secondary N) is 1. The second-order valence-corrected chi connectivity index (χ2v) is 10.9. The number of amides is 2. The first-order chi connectivity index (χ1) is 18.5. The number of likely N-dealkylation sites (tertiary alicyclic amines) is 1. The molecule has 1 unspecified atom stereocenters. The highest BCUT2D eigenvalue weighted by atomic mass is 16.5. The molecule has 0 aliphatic carbocycles. The summed E-state index contributed by atoms with van der Waals surface area (Å²) in [5.74, 6) is -0.395. The SMILES string of the molecule is Cc1cc(C(C(=O)N2C[C@H](O)C[C@H]2C2=NC(=O)[C@](C)(c3ccc(-c4cccc(=O)n4C)cc3)N2)C(C)C)on1. The number of hydrogen-bond acceptors (Lipinski definition) is 7. The van der Waals surface area contributed by atoms with E-state index < -0.39 is 23.6 Å². The second kappa shape index (κ2) is 9.92. The predicted molar refractivity (Wildman–Crippen MR) is 145 cm³/mol. The fourth-order valence-corrected chi connectivity index (χ4v) is 5.50. The van der Waals surface area contributed by atoms with Gasteiger partial charge < -0.3 is 24.4 Å². The van der Waals surface area contributed by atoms with Gasteiger partial charge in [0.05, 0.1) is 23.5 Å². The molecule has 1 aromatic carbocycles. The summed E-state index contributed by atoms with van der Waals surface area (Å²) in [5.41, 5.74) is 1.74. The van der Waals surface area contributed by atoms with Crippen LogP contribution in [0.4, 0.5) is 0 Å². The molecule has 1 saturated heterocycles. The number of amidine groups is 1. The third-order valence-electron chi connectivity index (χ3n) is 7.73. The van der Waals surface area contributed by atoms with Crippen LogP contribution in [-0.2, 0) is 22.2 Å². The third-order valence-corrected chi connectivity index (χ3v) is 7.73. The average Bonchev–Trinajstić information content (AvgIpc) is 3.58. The number of aryl methyl sites for hydroxylation is 1. The number of rotatable bonds is 6. The van der Waals surface area contributed by atoms with Gasteiger partial charge in [0, 0.05) is 32.1 Å². The van der Waals surface area contributed by atoms with Gasteiger partial charge in [-0.25, -0.2) is 0 Å². The smallest absolute Gasteiger partial charge is 0.277 e. The van der Waals surface area contributed by atoms with Gasteiger partial charge in [0.25, 0.3) is 11.5 Å². The number of nitrogens with zero attached hydrogens (tertiary/aromatic N) is 4. The van der Waals surface area contributed by atoms with Crippen molar-refractivity contribution in [3.8, 4) is 11.3 Å². The summed E-state index contributed by atoms with van der Waals surface area (Å²) in [5, 5.41) is 17.8. The van der Waals surface area contributed by atoms with Crippen molar-refractivity contribution >= 4 is 17.6 Å². The number of β-amino-alcohol motifs (C(OH)–C–C–N with tert-alkyl or cyclic N) is 1. The number of aromatic nitrogens is 2. The number of carbonyl (C=O) groups excluding carboxylic acids is 2. The van der Waals surface area contributed by atoms with Gasteiger partial charge in [-0.2, -0.15) is 4.99 Å². The van der Waals surface area contributed by atoms with Gasteiger partial charge in [-0.1, -0.05) is 49.3 Å². The average molecular weight is 532 g/mol. The minimum atomic E-state index is -1.14. The number of aliphatic hydroxyl groups is 1. The summed E-state index contributed by atoms with van der Waals surface area (Å²) in [7, 11) is 1.71. The molecule has 4 atom stereocenters. The van der Waals surface area contributed by atoms with Gasteiger partial charge in [0.1, 0.15) is 23.1 Å². The van der Waals surface area contributed by atoms with Gasteiger partial charge in [-0.15, -0.1) is 0 Å². The van der Waals surface area contributed by atoms with Crippen LogP contribution in [0, 0.1) is 12.8 Å². The largest absolute Gasteiger partial charge is 0.391 e. The number of aliphatic hydroxyl groups excluding tert-OH is 1. The van der Waals surface area contributed by atoms with Crippen molar-refractivity contribution in [1.82, 2.24) is 19.9 Å². The van der Waals surface area contributed by atoms with Crippen LogP contribution in [0.25, 0.3) is 11.3 Å². The molecule has 0 radical (unpaired) electrons. The highest BCUT2D eigenvalue weighted by Crippen LogP contribution is 2.34. The normalized spacial score (nSPS) is 23.7. The molecular formula is C29H33N5O5. The zero-order valence-electron chi connectivity index (χ0n) is 22.7. The lowest BCUT2D eigenvalue weighted by molar-refractivity contribution is -0.134. The molecule has 2 amide bonds. The Kier molecular flexibility index (Phi) is 6.76. The maximum absolute atomic E-state index is 13.8. The highest BCUT2D eigenvalue weighted by Gasteiger charge is 2.48. The Morgan fingerprint density at radius 1 is 1.18 bits per heavy atom. The first-order valence-corrected chi connectivity index (χ1v) is 13.1. The lowest BCUT2D eigenvalue weighted by Crippen LogP contribution is -2.51. The van der Waals surface area contributed by atoms with Crippen molar-refractivity contribution in [2.24, 2.45) is 18.0 Å². The van der Waals surface area contributed by atoms with Crippen LogP contribution in [0.2, 0.25) is 0 Å². The summed E-state index contributed by atoms with van der Waals surface area (Å²) in [4.78, 5) is 45.0. The van der Waals surface area contributed by atoms with Crippen molar-refractivity contribution < 1.29 is 19.2 Å². The molecule has 0 saturated carbocycles. The minimum absolute atomic E-state index is 0.0729. The van der Waals surface area contributed by atoms with E-state index in [0.29, 0.717) is 22.9 Å². The molecule has 39 heavy (non-hydrogen) atoms. The summed E-state index contributed by atoms with van der Waals surface area (Å²) < 4.78 is 7.01. The summed E-state index contributed by atoms with van der Waals surface area (Å²) in [6.07, 6.45) is -0.478. The van der Waals surface area contributed by atoms with Gasteiger partial charge in [0.2, 0.25) is 5.91 Å². The maximum atomic E-state index is 13.8. The molecule has 0 bridgehead atoms. The standard InChI is InChI=1S/C29H33N5O5/c1-16(2)25(23-13-17(3)32-39-23)27(37)34-15-20(35)14-22(34)26-30-28(38)29(4,31-26)19-11-9-18(10-12-19)21-7-6-8-24(36)33(21)5/h6-13,16,20,22,25,35H,14-15H2,1-5H3,(H,30,31,38)/t20-,22+,25?,29+/m1/s1. The Bertz CT molecular complexity index is 1500. The van der Waals surface area contributed by atoms with Gasteiger partial charge in [-0.05, 0) is 37.0 Å². The van der Waals surface area contributed by atoms with E-state index >= 15 is 0 Å². The van der Waals surface area contributed by atoms with Crippen molar-refractivity contribution in [2.45, 2.75) is 57.7 Å².